The van der Waals surface area contributed by atoms with Crippen LogP contribution >= 0.6 is 34.7 Å². The maximum atomic E-state index is 12.4. The molecule has 0 atom stereocenters. The number of halogens is 1. The van der Waals surface area contributed by atoms with Crippen molar-refractivity contribution in [2.75, 3.05) is 17.7 Å². The van der Waals surface area contributed by atoms with Crippen LogP contribution in [0.2, 0.25) is 5.02 Å². The molecule has 7 nitrogen and oxygen atoms in total. The molecule has 3 aromatic rings. The summed E-state index contributed by atoms with van der Waals surface area (Å²) in [5.74, 6) is -1.27. The normalized spacial score (nSPS) is 10.9. The van der Waals surface area contributed by atoms with Crippen LogP contribution in [0.1, 0.15) is 40.3 Å². The molecule has 0 bridgehead atoms. The third-order valence-corrected chi connectivity index (χ3v) is 6.24. The lowest BCUT2D eigenvalue weighted by Crippen LogP contribution is -2.17. The fourth-order valence-corrected chi connectivity index (χ4v) is 4.70. The number of anilines is 1. The fraction of sp³-hybridized carbons (Fsp3) is 0.263. The zero-order valence-electron chi connectivity index (χ0n) is 15.8. The summed E-state index contributed by atoms with van der Waals surface area (Å²) in [5.41, 5.74) is 0.807. The Kier molecular flexibility index (Phi) is 6.61. The zero-order valence-corrected chi connectivity index (χ0v) is 18.2. The smallest absolute Gasteiger partial charge is 0.344 e. The number of thioether (sulfide) groups is 1. The molecule has 3 rings (SSSR count). The van der Waals surface area contributed by atoms with Crippen molar-refractivity contribution in [1.82, 2.24) is 4.98 Å². The number of ketones is 1. The molecular weight excluding hydrogens is 436 g/mol. The van der Waals surface area contributed by atoms with Gasteiger partial charge in [-0.05, 0) is 39.0 Å². The Balaban J connectivity index is 1.75. The maximum absolute atomic E-state index is 12.4. The van der Waals surface area contributed by atoms with Crippen LogP contribution in [-0.2, 0) is 9.53 Å². The number of furan rings is 1. The number of Topliss-reactive ketones (excluding diaryl/α,β-unsaturated/α-hetero) is 1. The predicted molar refractivity (Wildman–Crippen MR) is 113 cm³/mol. The van der Waals surface area contributed by atoms with Crippen LogP contribution in [0.5, 0.6) is 0 Å². The SMILES string of the molecule is CCOC(=O)c1c(NC(=O)CSc2nc3cc(Cl)ccc3s2)oc(C)c1C(C)=O. The number of ether oxygens (including phenoxy) is 1. The highest BCUT2D eigenvalue weighted by atomic mass is 35.5. The molecule has 0 unspecified atom stereocenters. The van der Waals surface area contributed by atoms with E-state index in [1.807, 2.05) is 6.07 Å². The molecule has 0 saturated heterocycles. The molecule has 1 amide bonds. The monoisotopic (exact) mass is 452 g/mol. The van der Waals surface area contributed by atoms with Gasteiger partial charge in [-0.3, -0.25) is 14.9 Å². The highest BCUT2D eigenvalue weighted by molar-refractivity contribution is 8.01. The van der Waals surface area contributed by atoms with Crippen molar-refractivity contribution in [1.29, 1.82) is 0 Å². The summed E-state index contributed by atoms with van der Waals surface area (Å²) in [4.78, 5) is 41.0. The van der Waals surface area contributed by atoms with Gasteiger partial charge in [0.1, 0.15) is 11.3 Å². The Labute approximate surface area is 179 Å². The molecule has 0 fully saturated rings. The maximum Gasteiger partial charge on any atom is 0.344 e. The molecular formula is C19H17ClN2O5S2. The Morgan fingerprint density at radius 3 is 2.76 bits per heavy atom. The van der Waals surface area contributed by atoms with Crippen molar-refractivity contribution >= 4 is 68.5 Å². The fourth-order valence-electron chi connectivity index (χ4n) is 2.69. The quantitative estimate of drug-likeness (QED) is 0.307. The molecule has 2 aromatic heterocycles. The number of thiazole rings is 1. The molecule has 0 aliphatic rings. The first-order chi connectivity index (χ1) is 13.8. The largest absolute Gasteiger partial charge is 0.462 e. The van der Waals surface area contributed by atoms with Gasteiger partial charge < -0.3 is 9.15 Å². The van der Waals surface area contributed by atoms with Gasteiger partial charge in [0, 0.05) is 5.02 Å². The van der Waals surface area contributed by atoms with Gasteiger partial charge >= 0.3 is 5.97 Å². The Hall–Kier alpha value is -2.36. The van der Waals surface area contributed by atoms with Crippen LogP contribution in [0.4, 0.5) is 5.88 Å². The molecule has 0 radical (unpaired) electrons. The van der Waals surface area contributed by atoms with E-state index in [0.29, 0.717) is 9.36 Å². The number of aryl methyl sites for hydroxylation is 1. The summed E-state index contributed by atoms with van der Waals surface area (Å²) >= 11 is 8.67. The number of hydrogen-bond acceptors (Lipinski definition) is 8. The van der Waals surface area contributed by atoms with Gasteiger partial charge in [-0.15, -0.1) is 11.3 Å². The average Bonchev–Trinajstić information content (AvgIpc) is 3.19. The number of rotatable bonds is 7. The van der Waals surface area contributed by atoms with E-state index in [2.05, 4.69) is 10.3 Å². The topological polar surface area (TPSA) is 98.5 Å². The minimum Gasteiger partial charge on any atom is -0.462 e. The van der Waals surface area contributed by atoms with E-state index in [1.54, 1.807) is 26.0 Å². The third kappa shape index (κ3) is 4.80. The highest BCUT2D eigenvalue weighted by Crippen LogP contribution is 2.32. The van der Waals surface area contributed by atoms with Crippen molar-refractivity contribution < 1.29 is 23.5 Å². The molecule has 10 heteroatoms. The Morgan fingerprint density at radius 2 is 2.07 bits per heavy atom. The molecule has 2 heterocycles. The van der Waals surface area contributed by atoms with Crippen molar-refractivity contribution in [3.05, 3.63) is 40.1 Å². The third-order valence-electron chi connectivity index (χ3n) is 3.83. The van der Waals surface area contributed by atoms with E-state index in [0.717, 1.165) is 10.2 Å². The summed E-state index contributed by atoms with van der Waals surface area (Å²) in [5, 5.41) is 3.15. The van der Waals surface area contributed by atoms with E-state index in [-0.39, 0.29) is 40.9 Å². The minimum absolute atomic E-state index is 0.0466. The van der Waals surface area contributed by atoms with Gasteiger partial charge in [-0.2, -0.15) is 0 Å². The average molecular weight is 453 g/mol. The molecule has 1 N–H and O–H groups in total. The molecule has 0 saturated carbocycles. The lowest BCUT2D eigenvalue weighted by Gasteiger charge is -2.05. The van der Waals surface area contributed by atoms with Crippen LogP contribution in [0.3, 0.4) is 0 Å². The standard InChI is InChI=1S/C19H17ClN2O5S2/c1-4-26-18(25)16-15(9(2)23)10(3)27-17(16)22-14(24)8-28-19-21-12-7-11(20)5-6-13(12)29-19/h5-7H,4,8H2,1-3H3,(H,22,24). The number of hydrogen-bond donors (Lipinski definition) is 1. The Morgan fingerprint density at radius 1 is 1.31 bits per heavy atom. The van der Waals surface area contributed by atoms with Crippen LogP contribution in [0.25, 0.3) is 10.2 Å². The second-order valence-electron chi connectivity index (χ2n) is 5.94. The molecule has 1 aromatic carbocycles. The first-order valence-corrected chi connectivity index (χ1v) is 10.8. The van der Waals surface area contributed by atoms with Crippen LogP contribution in [0.15, 0.2) is 27.0 Å². The number of amides is 1. The number of esters is 1. The molecule has 0 aliphatic heterocycles. The molecule has 0 spiro atoms. The summed E-state index contributed by atoms with van der Waals surface area (Å²) in [6, 6.07) is 5.42. The first kappa shape index (κ1) is 21.4. The number of carbonyl (C=O) groups excluding carboxylic acids is 3. The van der Waals surface area contributed by atoms with Gasteiger partial charge in [0.2, 0.25) is 11.8 Å². The summed E-state index contributed by atoms with van der Waals surface area (Å²) in [6.07, 6.45) is 0. The van der Waals surface area contributed by atoms with Gasteiger partial charge in [-0.1, -0.05) is 23.4 Å². The van der Waals surface area contributed by atoms with Crippen molar-refractivity contribution in [3.63, 3.8) is 0 Å². The van der Waals surface area contributed by atoms with Crippen LogP contribution in [0, 0.1) is 6.92 Å². The van der Waals surface area contributed by atoms with Gasteiger partial charge in [-0.25, -0.2) is 9.78 Å². The van der Waals surface area contributed by atoms with E-state index in [9.17, 15) is 14.4 Å². The van der Waals surface area contributed by atoms with E-state index in [1.165, 1.54) is 30.0 Å². The zero-order chi connectivity index (χ0) is 21.1. The van der Waals surface area contributed by atoms with Crippen LogP contribution in [-0.4, -0.2) is 35.0 Å². The number of benzene rings is 1. The number of aromatic nitrogens is 1. The predicted octanol–water partition coefficient (Wildman–Crippen LogP) is 4.96. The lowest BCUT2D eigenvalue weighted by molar-refractivity contribution is -0.113. The summed E-state index contributed by atoms with van der Waals surface area (Å²) in [6.45, 7) is 4.65. The van der Waals surface area contributed by atoms with E-state index in [4.69, 9.17) is 20.8 Å². The minimum atomic E-state index is -0.722. The second kappa shape index (κ2) is 8.98. The van der Waals surface area contributed by atoms with Crippen LogP contribution < -0.4 is 5.32 Å². The van der Waals surface area contributed by atoms with E-state index < -0.39 is 11.9 Å². The van der Waals surface area contributed by atoms with E-state index >= 15 is 0 Å². The number of nitrogens with one attached hydrogen (secondary N) is 1. The lowest BCUT2D eigenvalue weighted by atomic mass is 10.1. The molecule has 152 valence electrons. The second-order valence-corrected chi connectivity index (χ2v) is 8.63. The van der Waals surface area contributed by atoms with Crippen molar-refractivity contribution in [2.24, 2.45) is 0 Å². The number of carbonyl (C=O) groups is 3. The van der Waals surface area contributed by atoms with Gasteiger partial charge in [0.05, 0.1) is 28.1 Å². The van der Waals surface area contributed by atoms with Crippen molar-refractivity contribution in [2.45, 2.75) is 25.1 Å². The van der Waals surface area contributed by atoms with Gasteiger partial charge in [0.25, 0.3) is 0 Å². The summed E-state index contributed by atoms with van der Waals surface area (Å²) in [7, 11) is 0. The van der Waals surface area contributed by atoms with Gasteiger partial charge in [0.15, 0.2) is 10.1 Å². The highest BCUT2D eigenvalue weighted by Gasteiger charge is 2.28. The molecule has 29 heavy (non-hydrogen) atoms. The number of nitrogens with zero attached hydrogens (tertiary/aromatic N) is 1. The first-order valence-electron chi connectivity index (χ1n) is 8.60. The molecule has 0 aliphatic carbocycles. The van der Waals surface area contributed by atoms with Crippen molar-refractivity contribution in [3.8, 4) is 0 Å². The Bertz CT molecular complexity index is 1110. The number of fused-ring (bicyclic) bond motifs is 1. The summed E-state index contributed by atoms with van der Waals surface area (Å²) < 4.78 is 12.1.